The first-order valence-electron chi connectivity index (χ1n) is 9.72. The van der Waals surface area contributed by atoms with Gasteiger partial charge in [0.05, 0.1) is 11.8 Å². The van der Waals surface area contributed by atoms with Crippen LogP contribution in [0.5, 0.6) is 11.5 Å². The number of aliphatic carboxylic acids is 1. The van der Waals surface area contributed by atoms with Crippen molar-refractivity contribution in [2.24, 2.45) is 11.8 Å². The van der Waals surface area contributed by atoms with E-state index in [4.69, 9.17) is 9.47 Å². The van der Waals surface area contributed by atoms with Crippen molar-refractivity contribution >= 4 is 11.9 Å². The summed E-state index contributed by atoms with van der Waals surface area (Å²) < 4.78 is 11.2. The Bertz CT molecular complexity index is 716. The molecular formula is C20H26N2O5. The molecule has 1 aromatic carbocycles. The van der Waals surface area contributed by atoms with Crippen molar-refractivity contribution in [3.63, 3.8) is 0 Å². The first-order valence-corrected chi connectivity index (χ1v) is 9.72. The lowest BCUT2D eigenvalue weighted by Gasteiger charge is -2.37. The average molecular weight is 374 g/mol. The third-order valence-electron chi connectivity index (χ3n) is 5.66. The van der Waals surface area contributed by atoms with Gasteiger partial charge in [0.25, 0.3) is 0 Å². The van der Waals surface area contributed by atoms with Gasteiger partial charge in [-0.15, -0.1) is 0 Å². The quantitative estimate of drug-likeness (QED) is 0.863. The summed E-state index contributed by atoms with van der Waals surface area (Å²) in [5, 5.41) is 9.56. The fourth-order valence-electron chi connectivity index (χ4n) is 4.32. The van der Waals surface area contributed by atoms with Crippen molar-refractivity contribution in [3.05, 3.63) is 23.8 Å². The van der Waals surface area contributed by atoms with Crippen LogP contribution in [-0.4, -0.2) is 66.2 Å². The number of carboxylic acids is 1. The van der Waals surface area contributed by atoms with Crippen molar-refractivity contribution in [2.75, 3.05) is 39.4 Å². The first kappa shape index (κ1) is 18.1. The molecule has 0 bridgehead atoms. The van der Waals surface area contributed by atoms with Gasteiger partial charge in [-0.3, -0.25) is 14.5 Å². The predicted molar refractivity (Wildman–Crippen MR) is 97.8 cm³/mol. The number of piperidine rings is 1. The van der Waals surface area contributed by atoms with E-state index in [1.54, 1.807) is 0 Å². The molecule has 7 heteroatoms. The van der Waals surface area contributed by atoms with Gasteiger partial charge in [0.1, 0.15) is 13.2 Å². The lowest BCUT2D eigenvalue weighted by atomic mass is 9.88. The molecule has 0 aliphatic carbocycles. The Hall–Kier alpha value is -2.28. The van der Waals surface area contributed by atoms with E-state index in [1.807, 2.05) is 23.1 Å². The van der Waals surface area contributed by atoms with Gasteiger partial charge in [-0.2, -0.15) is 0 Å². The third kappa shape index (κ3) is 4.03. The van der Waals surface area contributed by atoms with E-state index in [2.05, 4.69) is 4.90 Å². The lowest BCUT2D eigenvalue weighted by Crippen LogP contribution is -2.48. The van der Waals surface area contributed by atoms with E-state index < -0.39 is 11.9 Å². The maximum Gasteiger partial charge on any atom is 0.307 e. The highest BCUT2D eigenvalue weighted by atomic mass is 16.6. The van der Waals surface area contributed by atoms with Gasteiger partial charge < -0.3 is 19.5 Å². The van der Waals surface area contributed by atoms with Crippen molar-refractivity contribution in [2.45, 2.75) is 25.8 Å². The number of carbonyl (C=O) groups excluding carboxylic acids is 1. The standard InChI is InChI=1S/C20H26N2O5/c23-19(22-5-1-2-6-22)15-10-16(20(24)25)13-21(12-15)11-14-3-4-17-18(9-14)27-8-7-26-17/h3-4,9,15-16H,1-2,5-8,10-13H2,(H,24,25)/t15-,16-/m0/s1. The smallest absolute Gasteiger partial charge is 0.307 e. The van der Waals surface area contributed by atoms with Gasteiger partial charge in [0.15, 0.2) is 11.5 Å². The molecule has 27 heavy (non-hydrogen) atoms. The molecule has 7 nitrogen and oxygen atoms in total. The van der Waals surface area contributed by atoms with Gasteiger partial charge >= 0.3 is 5.97 Å². The van der Waals surface area contributed by atoms with Crippen LogP contribution < -0.4 is 9.47 Å². The van der Waals surface area contributed by atoms with E-state index in [9.17, 15) is 14.7 Å². The van der Waals surface area contributed by atoms with Crippen molar-refractivity contribution in [1.82, 2.24) is 9.80 Å². The number of hydrogen-bond donors (Lipinski definition) is 1. The normalized spacial score (nSPS) is 25.4. The van der Waals surface area contributed by atoms with Gasteiger partial charge in [0, 0.05) is 32.7 Å². The summed E-state index contributed by atoms with van der Waals surface area (Å²) in [6, 6.07) is 5.83. The number of rotatable bonds is 4. The minimum absolute atomic E-state index is 0.116. The number of fused-ring (bicyclic) bond motifs is 1. The fourth-order valence-corrected chi connectivity index (χ4v) is 4.32. The molecule has 0 saturated carbocycles. The topological polar surface area (TPSA) is 79.3 Å². The maximum atomic E-state index is 12.8. The highest BCUT2D eigenvalue weighted by molar-refractivity contribution is 5.81. The van der Waals surface area contributed by atoms with Crippen LogP contribution in [0, 0.1) is 11.8 Å². The van der Waals surface area contributed by atoms with E-state index in [0.717, 1.165) is 43.0 Å². The summed E-state index contributed by atoms with van der Waals surface area (Å²) in [6.45, 7) is 4.36. The Balaban J connectivity index is 1.47. The summed E-state index contributed by atoms with van der Waals surface area (Å²) in [5.41, 5.74) is 1.04. The second-order valence-corrected chi connectivity index (χ2v) is 7.67. The highest BCUT2D eigenvalue weighted by Crippen LogP contribution is 2.32. The Morgan fingerprint density at radius 1 is 1.04 bits per heavy atom. The molecule has 3 aliphatic rings. The second kappa shape index (κ2) is 7.76. The Labute approximate surface area is 158 Å². The molecule has 0 unspecified atom stereocenters. The maximum absolute atomic E-state index is 12.8. The zero-order chi connectivity index (χ0) is 18.8. The van der Waals surface area contributed by atoms with Crippen LogP contribution >= 0.6 is 0 Å². The number of carboxylic acid groups (broad SMARTS) is 1. The van der Waals surface area contributed by atoms with Gasteiger partial charge in [-0.1, -0.05) is 6.07 Å². The van der Waals surface area contributed by atoms with E-state index in [-0.39, 0.29) is 11.8 Å². The van der Waals surface area contributed by atoms with E-state index >= 15 is 0 Å². The molecule has 146 valence electrons. The van der Waals surface area contributed by atoms with Crippen LogP contribution in [0.2, 0.25) is 0 Å². The van der Waals surface area contributed by atoms with Crippen LogP contribution in [-0.2, 0) is 16.1 Å². The number of carbonyl (C=O) groups is 2. The third-order valence-corrected chi connectivity index (χ3v) is 5.66. The first-order chi connectivity index (χ1) is 13.1. The fraction of sp³-hybridized carbons (Fsp3) is 0.600. The minimum atomic E-state index is -0.818. The van der Waals surface area contributed by atoms with Crippen molar-refractivity contribution in [1.29, 1.82) is 0 Å². The van der Waals surface area contributed by atoms with Gasteiger partial charge in [0.2, 0.25) is 5.91 Å². The second-order valence-electron chi connectivity index (χ2n) is 7.67. The van der Waals surface area contributed by atoms with Gasteiger partial charge in [-0.05, 0) is 37.0 Å². The molecule has 1 N–H and O–H groups in total. The summed E-state index contributed by atoms with van der Waals surface area (Å²) in [6.07, 6.45) is 2.52. The molecule has 1 amide bonds. The van der Waals surface area contributed by atoms with Gasteiger partial charge in [-0.25, -0.2) is 0 Å². The van der Waals surface area contributed by atoms with Crippen molar-refractivity contribution in [3.8, 4) is 11.5 Å². The number of ether oxygens (including phenoxy) is 2. The monoisotopic (exact) mass is 374 g/mol. The zero-order valence-electron chi connectivity index (χ0n) is 15.4. The van der Waals surface area contributed by atoms with E-state index in [0.29, 0.717) is 39.3 Å². The molecule has 1 aromatic rings. The molecule has 0 aromatic heterocycles. The van der Waals surface area contributed by atoms with Crippen LogP contribution in [0.15, 0.2) is 18.2 Å². The number of hydrogen-bond acceptors (Lipinski definition) is 5. The Morgan fingerprint density at radius 2 is 1.74 bits per heavy atom. The Morgan fingerprint density at radius 3 is 2.48 bits per heavy atom. The molecule has 4 rings (SSSR count). The molecule has 0 spiro atoms. The van der Waals surface area contributed by atoms with Crippen LogP contribution in [0.3, 0.4) is 0 Å². The number of likely N-dealkylation sites (tertiary alicyclic amines) is 2. The van der Waals surface area contributed by atoms with Crippen molar-refractivity contribution < 1.29 is 24.2 Å². The number of benzene rings is 1. The molecule has 2 atom stereocenters. The number of nitrogens with zero attached hydrogens (tertiary/aromatic N) is 2. The summed E-state index contributed by atoms with van der Waals surface area (Å²) in [7, 11) is 0. The summed E-state index contributed by atoms with van der Waals surface area (Å²) in [4.78, 5) is 28.5. The number of amides is 1. The molecular weight excluding hydrogens is 348 g/mol. The summed E-state index contributed by atoms with van der Waals surface area (Å²) in [5.74, 6) is 0.0266. The van der Waals surface area contributed by atoms with Crippen LogP contribution in [0.1, 0.15) is 24.8 Å². The Kier molecular flexibility index (Phi) is 5.20. The zero-order valence-corrected chi connectivity index (χ0v) is 15.4. The SMILES string of the molecule is O=C(O)[C@H]1C[C@H](C(=O)N2CCCC2)CN(Cc2ccc3c(c2)OCCO3)C1. The molecule has 0 radical (unpaired) electrons. The highest BCUT2D eigenvalue weighted by Gasteiger charge is 2.37. The minimum Gasteiger partial charge on any atom is -0.486 e. The summed E-state index contributed by atoms with van der Waals surface area (Å²) >= 11 is 0. The van der Waals surface area contributed by atoms with E-state index in [1.165, 1.54) is 0 Å². The molecule has 2 fully saturated rings. The predicted octanol–water partition coefficient (Wildman–Crippen LogP) is 1.60. The molecule has 3 aliphatic heterocycles. The lowest BCUT2D eigenvalue weighted by molar-refractivity contribution is -0.147. The molecule has 2 saturated heterocycles. The van der Waals surface area contributed by atoms with Crippen LogP contribution in [0.25, 0.3) is 0 Å². The largest absolute Gasteiger partial charge is 0.486 e. The van der Waals surface area contributed by atoms with Crippen LogP contribution in [0.4, 0.5) is 0 Å². The average Bonchev–Trinajstić information content (AvgIpc) is 3.22. The molecule has 3 heterocycles.